The third-order valence-electron chi connectivity index (χ3n) is 11.9. The first-order valence-corrected chi connectivity index (χ1v) is 23.8. The highest BCUT2D eigenvalue weighted by molar-refractivity contribution is 5.13. The van der Waals surface area contributed by atoms with E-state index in [1.807, 2.05) is 0 Å². The van der Waals surface area contributed by atoms with Gasteiger partial charge >= 0.3 is 0 Å². The molecule has 20 atom stereocenters. The van der Waals surface area contributed by atoms with Gasteiger partial charge in [0.05, 0.1) is 31.5 Å². The maximum Gasteiger partial charge on any atom is 0.218 e. The molecule has 458 valence electrons. The molecule has 2 bridgehead atoms. The Morgan fingerprint density at radius 2 is 0.667 bits per heavy atom. The Hall–Kier alpha value is -3.72. The van der Waals surface area contributed by atoms with Crippen LogP contribution in [-0.2, 0) is 37.9 Å². The van der Waals surface area contributed by atoms with E-state index in [1.54, 1.807) is 0 Å². The first-order chi connectivity index (χ1) is 36.7. The maximum absolute atomic E-state index is 11.1. The number of hydrogen-bond donors (Lipinski definition) is 27. The van der Waals surface area contributed by atoms with E-state index < -0.39 is 267 Å². The summed E-state index contributed by atoms with van der Waals surface area (Å²) < 4.78 is 41.7. The molecule has 1 fully saturated rings. The Balaban J connectivity index is 2.80. The van der Waals surface area contributed by atoms with Crippen molar-refractivity contribution in [3.05, 3.63) is 46.1 Å². The van der Waals surface area contributed by atoms with Gasteiger partial charge in [0.2, 0.25) is 25.2 Å². The van der Waals surface area contributed by atoms with Crippen molar-refractivity contribution in [3.8, 4) is 0 Å². The van der Waals surface area contributed by atoms with Crippen LogP contribution in [0.3, 0.4) is 0 Å². The van der Waals surface area contributed by atoms with Gasteiger partial charge in [-0.2, -0.15) is 0 Å². The molecule has 0 spiro atoms. The van der Waals surface area contributed by atoms with Crippen LogP contribution in [0.25, 0.3) is 0 Å². The van der Waals surface area contributed by atoms with Crippen LogP contribution in [0.5, 0.6) is 0 Å². The van der Waals surface area contributed by atoms with Gasteiger partial charge in [-0.1, -0.05) is 0 Å². The van der Waals surface area contributed by atoms with Crippen LogP contribution in [-0.4, -0.2) is 314 Å². The summed E-state index contributed by atoms with van der Waals surface area (Å²) in [5.41, 5.74) is -2.27. The van der Waals surface area contributed by atoms with Gasteiger partial charge in [0.1, 0.15) is 60.5 Å². The molecule has 0 saturated carbocycles. The summed E-state index contributed by atoms with van der Waals surface area (Å²) >= 11 is 0. The van der Waals surface area contributed by atoms with E-state index in [0.717, 1.165) is 0 Å². The highest BCUT2D eigenvalue weighted by atomic mass is 16.7. The smallest absolute Gasteiger partial charge is 0.218 e. The van der Waals surface area contributed by atoms with Gasteiger partial charge in [-0.3, -0.25) is 0 Å². The van der Waals surface area contributed by atoms with Crippen molar-refractivity contribution in [2.45, 2.75) is 168 Å². The van der Waals surface area contributed by atoms with Gasteiger partial charge in [0, 0.05) is 71.7 Å². The average molecular weight is 1150 g/mol. The van der Waals surface area contributed by atoms with Crippen LogP contribution in [0, 0.1) is 0 Å². The molecule has 35 heteroatoms. The minimum atomic E-state index is -2.85. The minimum absolute atomic E-state index is 0.703. The summed E-state index contributed by atoms with van der Waals surface area (Å²) in [4.78, 5) is 0. The lowest BCUT2D eigenvalue weighted by Crippen LogP contribution is -2.61. The largest absolute Gasteiger partial charge is 0.506 e. The normalized spacial score (nSPS) is 41.2. The molecule has 0 aromatic rings. The monoisotopic (exact) mass is 1150 g/mol. The average Bonchev–Trinajstić information content (AvgIpc) is 3.42. The van der Waals surface area contributed by atoms with Crippen molar-refractivity contribution in [3.63, 3.8) is 0 Å². The Kier molecular flexibility index (Phi) is 30.6. The van der Waals surface area contributed by atoms with Crippen molar-refractivity contribution < 1.29 is 176 Å². The predicted molar refractivity (Wildman–Crippen MR) is 246 cm³/mol. The molecule has 27 N–H and O–H groups in total. The Morgan fingerprint density at radius 3 is 1.01 bits per heavy atom. The van der Waals surface area contributed by atoms with Gasteiger partial charge in [-0.15, -0.1) is 0 Å². The van der Waals surface area contributed by atoms with Crippen molar-refractivity contribution in [2.75, 3.05) is 52.9 Å². The summed E-state index contributed by atoms with van der Waals surface area (Å²) in [7, 11) is 0. The zero-order chi connectivity index (χ0) is 59.4. The van der Waals surface area contributed by atoms with E-state index in [2.05, 4.69) is 0 Å². The fourth-order valence-electron chi connectivity index (χ4n) is 7.43. The van der Waals surface area contributed by atoms with Crippen LogP contribution in [0.15, 0.2) is 46.1 Å². The van der Waals surface area contributed by atoms with E-state index >= 15 is 0 Å². The molecule has 0 aromatic heterocycles. The topological polar surface area (TPSA) is 620 Å². The van der Waals surface area contributed by atoms with Crippen molar-refractivity contribution in [2.24, 2.45) is 0 Å². The summed E-state index contributed by atoms with van der Waals surface area (Å²) in [6.45, 7) is -7.98. The van der Waals surface area contributed by atoms with Gasteiger partial charge in [0.15, 0.2) is 64.9 Å². The molecule has 2 rings (SSSR count). The summed E-state index contributed by atoms with van der Waals surface area (Å²) in [6, 6.07) is 0. The SMILES string of the molecule is OCCC1OC(O)/C(O)=C(/O)C(CCO)OC(O)/C(O)=C(\O)C(CCO)OC(O)C(O)C(O)C(CCO)OC2OC(CO)(COC(O)/C(O)=C(\O)C(CCO)OC(O)C(O)C(O)C(CCO)OC(O)C(O)=C1O)CC(O)C2O. The lowest BCUT2D eigenvalue weighted by Gasteiger charge is -2.45. The molecule has 0 amide bonds. The number of ether oxygens (including phenoxy) is 8. The zero-order valence-corrected chi connectivity index (χ0v) is 41.4. The highest BCUT2D eigenvalue weighted by Crippen LogP contribution is 2.34. The molecule has 2 heterocycles. The van der Waals surface area contributed by atoms with Crippen LogP contribution in [0.1, 0.15) is 44.9 Å². The number of rotatable bonds is 13. The standard InChI is InChI=1S/C43H76O35/c44-7-1-17-24(53)30(59)36(65)71-15-43(14-50)13-16(51)23(52)42(78-43)77-22(6-12-49)29(58)35(64)41(70)76-21(5-11-48)28(57)34(63)40(69)75-20(4-10-47)27(56)33(62)39(68)74-19(3-9-46)26(55)32(61)38(67)73-18(2-8-45)25(54)31(60)37(66)72-17/h16-23,25,29,31,35-42,44-70H,1-15H2/b30-24+,32-26?,33-27-,34-28+. The van der Waals surface area contributed by atoms with Crippen LogP contribution < -0.4 is 0 Å². The lowest BCUT2D eigenvalue weighted by atomic mass is 9.91. The third-order valence-corrected chi connectivity index (χ3v) is 11.9. The molecule has 0 aliphatic carbocycles. The van der Waals surface area contributed by atoms with Gasteiger partial charge in [0.25, 0.3) is 0 Å². The second kappa shape index (κ2) is 33.9. The van der Waals surface area contributed by atoms with Crippen LogP contribution in [0.2, 0.25) is 0 Å². The van der Waals surface area contributed by atoms with Crippen molar-refractivity contribution in [1.82, 2.24) is 0 Å². The van der Waals surface area contributed by atoms with Crippen molar-refractivity contribution >= 4 is 0 Å². The molecular formula is C43H76O35. The van der Waals surface area contributed by atoms with Crippen LogP contribution >= 0.6 is 0 Å². The molecule has 2 aliphatic rings. The number of fused-ring (bicyclic) bond motifs is 2. The summed E-state index contributed by atoms with van der Waals surface area (Å²) in [5, 5.41) is 285. The Labute approximate surface area is 442 Å². The van der Waals surface area contributed by atoms with Gasteiger partial charge in [-0.25, -0.2) is 0 Å². The minimum Gasteiger partial charge on any atom is -0.506 e. The molecular weight excluding hydrogens is 1080 g/mol. The van der Waals surface area contributed by atoms with E-state index in [4.69, 9.17) is 37.9 Å². The quantitative estimate of drug-likeness (QED) is 0.0814. The zero-order valence-electron chi connectivity index (χ0n) is 41.4. The van der Waals surface area contributed by atoms with E-state index in [1.165, 1.54) is 0 Å². The van der Waals surface area contributed by atoms with Gasteiger partial charge in [-0.05, 0) is 12.8 Å². The van der Waals surface area contributed by atoms with Gasteiger partial charge < -0.3 is 176 Å². The number of aliphatic hydroxyl groups excluding tert-OH is 27. The second-order valence-electron chi connectivity index (χ2n) is 17.6. The number of aliphatic hydroxyl groups is 27. The first-order valence-electron chi connectivity index (χ1n) is 23.8. The van der Waals surface area contributed by atoms with Crippen molar-refractivity contribution in [1.29, 1.82) is 0 Å². The molecule has 35 nitrogen and oxygen atoms in total. The Morgan fingerprint density at radius 1 is 0.346 bits per heavy atom. The molecule has 78 heavy (non-hydrogen) atoms. The molecule has 2 aliphatic heterocycles. The van der Waals surface area contributed by atoms with E-state index in [0.29, 0.717) is 0 Å². The molecule has 1 saturated heterocycles. The van der Waals surface area contributed by atoms with E-state index in [9.17, 15) is 138 Å². The number of hydrogen-bond acceptors (Lipinski definition) is 35. The summed E-state index contributed by atoms with van der Waals surface area (Å²) in [5.74, 6) is -12.5. The third kappa shape index (κ3) is 19.5. The highest BCUT2D eigenvalue weighted by Gasteiger charge is 2.50. The maximum atomic E-state index is 11.1. The lowest BCUT2D eigenvalue weighted by molar-refractivity contribution is -0.338. The Bertz CT molecular complexity index is 1870. The first kappa shape index (κ1) is 70.4. The molecule has 0 radical (unpaired) electrons. The van der Waals surface area contributed by atoms with Crippen LogP contribution in [0.4, 0.5) is 0 Å². The predicted octanol–water partition coefficient (Wildman–Crippen LogP) is -8.51. The molecule has 20 unspecified atom stereocenters. The van der Waals surface area contributed by atoms with E-state index in [-0.39, 0.29) is 0 Å². The summed E-state index contributed by atoms with van der Waals surface area (Å²) in [6.07, 6.45) is -51.3. The second-order valence-corrected chi connectivity index (χ2v) is 17.6. The molecule has 0 aromatic carbocycles. The fraction of sp³-hybridized carbons (Fsp3) is 0.814. The fourth-order valence-corrected chi connectivity index (χ4v) is 7.43.